The van der Waals surface area contributed by atoms with Crippen LogP contribution in [0.4, 0.5) is 5.69 Å². The molecule has 0 aliphatic carbocycles. The highest BCUT2D eigenvalue weighted by Crippen LogP contribution is 2.41. The van der Waals surface area contributed by atoms with Crippen LogP contribution in [0, 0.1) is 6.92 Å². The molecule has 1 N–H and O–H groups in total. The van der Waals surface area contributed by atoms with E-state index in [1.165, 1.54) is 21.3 Å². The second kappa shape index (κ2) is 9.44. The number of benzene rings is 3. The minimum absolute atomic E-state index is 0.216. The van der Waals surface area contributed by atoms with Crippen molar-refractivity contribution in [3.63, 3.8) is 0 Å². The summed E-state index contributed by atoms with van der Waals surface area (Å²) in [7, 11) is 4.60. The molecule has 0 aliphatic rings. The van der Waals surface area contributed by atoms with Crippen molar-refractivity contribution in [2.75, 3.05) is 26.6 Å². The van der Waals surface area contributed by atoms with Crippen molar-refractivity contribution in [3.8, 4) is 40.1 Å². The zero-order valence-electron chi connectivity index (χ0n) is 18.7. The predicted molar refractivity (Wildman–Crippen MR) is 124 cm³/mol. The number of ether oxygens (including phenoxy) is 3. The number of nitrogens with one attached hydrogen (secondary N) is 1. The normalized spacial score (nSPS) is 10.5. The average molecular weight is 445 g/mol. The number of hydrogen-bond acceptors (Lipinski definition) is 7. The molecule has 1 amide bonds. The van der Waals surface area contributed by atoms with Crippen LogP contribution in [0.1, 0.15) is 15.9 Å². The van der Waals surface area contributed by atoms with Gasteiger partial charge in [0.15, 0.2) is 11.5 Å². The Morgan fingerprint density at radius 2 is 1.58 bits per heavy atom. The highest BCUT2D eigenvalue weighted by atomic mass is 16.5. The van der Waals surface area contributed by atoms with E-state index in [4.69, 9.17) is 18.7 Å². The van der Waals surface area contributed by atoms with Crippen LogP contribution in [0.25, 0.3) is 22.8 Å². The molecular weight excluding hydrogens is 422 g/mol. The van der Waals surface area contributed by atoms with Crippen molar-refractivity contribution in [2.45, 2.75) is 6.92 Å². The van der Waals surface area contributed by atoms with Crippen LogP contribution in [0.2, 0.25) is 0 Å². The Hall–Kier alpha value is -4.33. The van der Waals surface area contributed by atoms with E-state index < -0.39 is 0 Å². The maximum Gasteiger partial charge on any atom is 0.259 e. The Labute approximate surface area is 191 Å². The van der Waals surface area contributed by atoms with Gasteiger partial charge in [-0.25, -0.2) is 0 Å². The first-order valence-electron chi connectivity index (χ1n) is 10.2. The fourth-order valence-corrected chi connectivity index (χ4v) is 3.36. The molecular formula is C25H23N3O5. The average Bonchev–Trinajstić information content (AvgIpc) is 3.34. The van der Waals surface area contributed by atoms with E-state index in [1.807, 2.05) is 31.2 Å². The number of methoxy groups -OCH3 is 3. The molecule has 3 aromatic carbocycles. The molecule has 0 saturated heterocycles. The molecule has 0 saturated carbocycles. The van der Waals surface area contributed by atoms with E-state index in [0.717, 1.165) is 5.56 Å². The second-order valence-corrected chi connectivity index (χ2v) is 7.20. The summed E-state index contributed by atoms with van der Waals surface area (Å²) in [4.78, 5) is 17.5. The lowest BCUT2D eigenvalue weighted by Crippen LogP contribution is -2.13. The smallest absolute Gasteiger partial charge is 0.259 e. The summed E-state index contributed by atoms with van der Waals surface area (Å²) >= 11 is 0. The summed E-state index contributed by atoms with van der Waals surface area (Å²) < 4.78 is 21.7. The lowest BCUT2D eigenvalue weighted by atomic mass is 10.1. The van der Waals surface area contributed by atoms with E-state index in [9.17, 15) is 4.79 Å². The number of carbonyl (C=O) groups excluding carboxylic acids is 1. The van der Waals surface area contributed by atoms with Crippen molar-refractivity contribution >= 4 is 11.6 Å². The van der Waals surface area contributed by atoms with E-state index in [1.54, 1.807) is 36.4 Å². The summed E-state index contributed by atoms with van der Waals surface area (Å²) in [5, 5.41) is 6.99. The molecule has 8 nitrogen and oxygen atoms in total. The minimum atomic E-state index is -0.276. The molecule has 1 aromatic heterocycles. The Bertz CT molecular complexity index is 1260. The van der Waals surface area contributed by atoms with Crippen LogP contribution in [-0.2, 0) is 0 Å². The van der Waals surface area contributed by atoms with Gasteiger partial charge in [0.1, 0.15) is 0 Å². The lowest BCUT2D eigenvalue weighted by molar-refractivity contribution is 0.102. The zero-order valence-corrected chi connectivity index (χ0v) is 18.7. The van der Waals surface area contributed by atoms with Gasteiger partial charge in [0.2, 0.25) is 11.6 Å². The van der Waals surface area contributed by atoms with Crippen LogP contribution in [0.5, 0.6) is 17.2 Å². The van der Waals surface area contributed by atoms with Crippen LogP contribution < -0.4 is 19.5 Å². The third-order valence-corrected chi connectivity index (χ3v) is 5.06. The van der Waals surface area contributed by atoms with Crippen molar-refractivity contribution in [1.82, 2.24) is 10.1 Å². The van der Waals surface area contributed by atoms with E-state index in [2.05, 4.69) is 15.5 Å². The Kier molecular flexibility index (Phi) is 6.26. The SMILES string of the molecule is COc1cc(-c2noc(-c3ccccc3C(=O)Nc3ccc(C)cc3)n2)cc(OC)c1OC. The van der Waals surface area contributed by atoms with Gasteiger partial charge in [-0.3, -0.25) is 4.79 Å². The Balaban J connectivity index is 1.67. The molecule has 0 fully saturated rings. The predicted octanol–water partition coefficient (Wildman–Crippen LogP) is 4.99. The Morgan fingerprint density at radius 3 is 2.21 bits per heavy atom. The molecule has 168 valence electrons. The second-order valence-electron chi connectivity index (χ2n) is 7.20. The number of rotatable bonds is 7. The first-order valence-corrected chi connectivity index (χ1v) is 10.2. The van der Waals surface area contributed by atoms with Crippen LogP contribution in [0.3, 0.4) is 0 Å². The van der Waals surface area contributed by atoms with Gasteiger partial charge in [-0.2, -0.15) is 4.98 Å². The lowest BCUT2D eigenvalue weighted by Gasteiger charge is -2.12. The molecule has 0 bridgehead atoms. The molecule has 0 unspecified atom stereocenters. The molecule has 0 atom stereocenters. The number of aryl methyl sites for hydroxylation is 1. The fourth-order valence-electron chi connectivity index (χ4n) is 3.36. The third-order valence-electron chi connectivity index (χ3n) is 5.06. The van der Waals surface area contributed by atoms with Crippen molar-refractivity contribution in [3.05, 3.63) is 71.8 Å². The molecule has 0 aliphatic heterocycles. The standard InChI is InChI=1S/C25H23N3O5/c1-15-9-11-17(12-10-15)26-24(29)18-7-5-6-8-19(18)25-27-23(28-33-25)16-13-20(30-2)22(32-4)21(14-16)31-3/h5-14H,1-4H3,(H,26,29). The van der Waals surface area contributed by atoms with Gasteiger partial charge in [0.05, 0.1) is 32.5 Å². The van der Waals surface area contributed by atoms with Crippen LogP contribution >= 0.6 is 0 Å². The number of amides is 1. The Morgan fingerprint density at radius 1 is 0.909 bits per heavy atom. The molecule has 8 heteroatoms. The van der Waals surface area contributed by atoms with Crippen molar-refractivity contribution < 1.29 is 23.5 Å². The van der Waals surface area contributed by atoms with Gasteiger partial charge >= 0.3 is 0 Å². The van der Waals surface area contributed by atoms with Gasteiger partial charge in [0.25, 0.3) is 11.8 Å². The highest BCUT2D eigenvalue weighted by molar-refractivity contribution is 6.08. The first-order chi connectivity index (χ1) is 16.0. The third kappa shape index (κ3) is 4.50. The molecule has 1 heterocycles. The molecule has 0 spiro atoms. The summed E-state index contributed by atoms with van der Waals surface area (Å²) in [5.41, 5.74) is 3.36. The number of aromatic nitrogens is 2. The number of carbonyl (C=O) groups is 1. The zero-order chi connectivity index (χ0) is 23.4. The topological polar surface area (TPSA) is 95.7 Å². The summed E-state index contributed by atoms with van der Waals surface area (Å²) in [6.07, 6.45) is 0. The van der Waals surface area contributed by atoms with Crippen LogP contribution in [-0.4, -0.2) is 37.4 Å². The van der Waals surface area contributed by atoms with Crippen molar-refractivity contribution in [1.29, 1.82) is 0 Å². The monoisotopic (exact) mass is 445 g/mol. The summed E-state index contributed by atoms with van der Waals surface area (Å²) in [5.74, 6) is 1.66. The van der Waals surface area contributed by atoms with E-state index in [-0.39, 0.29) is 11.8 Å². The number of nitrogens with zero attached hydrogens (tertiary/aromatic N) is 2. The minimum Gasteiger partial charge on any atom is -0.493 e. The first kappa shape index (κ1) is 21.9. The summed E-state index contributed by atoms with van der Waals surface area (Å²) in [6, 6.07) is 18.1. The van der Waals surface area contributed by atoms with Gasteiger partial charge in [0, 0.05) is 11.3 Å². The maximum absolute atomic E-state index is 13.0. The quantitative estimate of drug-likeness (QED) is 0.428. The van der Waals surface area contributed by atoms with Gasteiger partial charge in [-0.05, 0) is 43.3 Å². The number of hydrogen-bond donors (Lipinski definition) is 1. The molecule has 4 aromatic rings. The molecule has 0 radical (unpaired) electrons. The fraction of sp³-hybridized carbons (Fsp3) is 0.160. The van der Waals surface area contributed by atoms with Gasteiger partial charge in [-0.1, -0.05) is 35.0 Å². The molecule has 4 rings (SSSR count). The van der Waals surface area contributed by atoms with Crippen molar-refractivity contribution in [2.24, 2.45) is 0 Å². The highest BCUT2D eigenvalue weighted by Gasteiger charge is 2.20. The molecule has 33 heavy (non-hydrogen) atoms. The number of anilines is 1. The maximum atomic E-state index is 13.0. The summed E-state index contributed by atoms with van der Waals surface area (Å²) in [6.45, 7) is 1.99. The van der Waals surface area contributed by atoms with Gasteiger partial charge in [-0.15, -0.1) is 0 Å². The van der Waals surface area contributed by atoms with E-state index in [0.29, 0.717) is 45.5 Å². The van der Waals surface area contributed by atoms with E-state index >= 15 is 0 Å². The largest absolute Gasteiger partial charge is 0.493 e. The van der Waals surface area contributed by atoms with Gasteiger partial charge < -0.3 is 24.1 Å². The van der Waals surface area contributed by atoms with Crippen LogP contribution in [0.15, 0.2) is 65.2 Å².